The number of carboxylic acid groups (broad SMARTS) is 1. The number of hydrogen-bond acceptors (Lipinski definition) is 4. The Balaban J connectivity index is 1.57. The molecule has 1 fully saturated rings. The fourth-order valence-corrected chi connectivity index (χ4v) is 2.88. The van der Waals surface area contributed by atoms with E-state index in [9.17, 15) is 9.59 Å². The molecule has 1 aliphatic heterocycles. The minimum atomic E-state index is -0.853. The molecule has 2 N–H and O–H groups in total. The number of nitrogens with one attached hydrogen (secondary N) is 1. The number of piperidine rings is 1. The lowest BCUT2D eigenvalue weighted by atomic mass is 9.99. The highest BCUT2D eigenvalue weighted by Crippen LogP contribution is 2.21. The van der Waals surface area contributed by atoms with Gasteiger partial charge < -0.3 is 20.1 Å². The van der Waals surface area contributed by atoms with Crippen LogP contribution in [0.2, 0.25) is 0 Å². The molecule has 26 heavy (non-hydrogen) atoms. The molecule has 3 rings (SSSR count). The van der Waals surface area contributed by atoms with Gasteiger partial charge in [-0.2, -0.15) is 0 Å². The SMILES string of the molecule is O=C(O)C1CCCN(C(=O)Nc2cccc(OCc3cccnc3)c2)C1. The fourth-order valence-electron chi connectivity index (χ4n) is 2.88. The average molecular weight is 355 g/mol. The standard InChI is InChI=1S/C19H21N3O4/c23-18(24)15-5-3-9-22(12-15)19(25)21-16-6-1-7-17(10-16)26-13-14-4-2-8-20-11-14/h1-2,4,6-8,10-11,15H,3,5,9,12-13H2,(H,21,25)(H,23,24). The van der Waals surface area contributed by atoms with E-state index in [0.29, 0.717) is 37.4 Å². The van der Waals surface area contributed by atoms with E-state index in [0.717, 1.165) is 5.56 Å². The highest BCUT2D eigenvalue weighted by molar-refractivity contribution is 5.90. The zero-order valence-electron chi connectivity index (χ0n) is 14.3. The van der Waals surface area contributed by atoms with Crippen molar-refractivity contribution in [2.75, 3.05) is 18.4 Å². The van der Waals surface area contributed by atoms with Crippen LogP contribution in [0.3, 0.4) is 0 Å². The maximum Gasteiger partial charge on any atom is 0.321 e. The number of carbonyl (C=O) groups is 2. The first-order chi connectivity index (χ1) is 12.6. The zero-order chi connectivity index (χ0) is 18.4. The Bertz CT molecular complexity index is 766. The van der Waals surface area contributed by atoms with Gasteiger partial charge >= 0.3 is 12.0 Å². The molecule has 1 aromatic carbocycles. The van der Waals surface area contributed by atoms with Crippen molar-refractivity contribution < 1.29 is 19.4 Å². The second-order valence-corrected chi connectivity index (χ2v) is 6.23. The number of hydrogen-bond donors (Lipinski definition) is 2. The van der Waals surface area contributed by atoms with E-state index in [2.05, 4.69) is 10.3 Å². The number of amides is 2. The predicted molar refractivity (Wildman–Crippen MR) is 96.0 cm³/mol. The van der Waals surface area contributed by atoms with E-state index in [1.165, 1.54) is 0 Å². The van der Waals surface area contributed by atoms with Gasteiger partial charge in [0.15, 0.2) is 0 Å². The van der Waals surface area contributed by atoms with E-state index in [1.807, 2.05) is 18.2 Å². The molecule has 1 saturated heterocycles. The fraction of sp³-hybridized carbons (Fsp3) is 0.316. The molecule has 7 heteroatoms. The number of carboxylic acids is 1. The Morgan fingerprint density at radius 3 is 2.96 bits per heavy atom. The summed E-state index contributed by atoms with van der Waals surface area (Å²) in [6.45, 7) is 1.18. The molecule has 1 atom stereocenters. The number of anilines is 1. The van der Waals surface area contributed by atoms with Crippen LogP contribution in [-0.2, 0) is 11.4 Å². The lowest BCUT2D eigenvalue weighted by Crippen LogP contribution is -2.44. The van der Waals surface area contributed by atoms with E-state index >= 15 is 0 Å². The topological polar surface area (TPSA) is 91.8 Å². The molecule has 2 heterocycles. The summed E-state index contributed by atoms with van der Waals surface area (Å²) < 4.78 is 5.73. The van der Waals surface area contributed by atoms with Crippen LogP contribution < -0.4 is 10.1 Å². The van der Waals surface area contributed by atoms with Gasteiger partial charge in [-0.25, -0.2) is 4.79 Å². The normalized spacial score (nSPS) is 16.8. The molecule has 2 amide bonds. The summed E-state index contributed by atoms with van der Waals surface area (Å²) in [6.07, 6.45) is 4.74. The van der Waals surface area contributed by atoms with Crippen molar-refractivity contribution in [3.8, 4) is 5.75 Å². The molecule has 0 bridgehead atoms. The maximum atomic E-state index is 12.4. The number of carbonyl (C=O) groups excluding carboxylic acids is 1. The van der Waals surface area contributed by atoms with Crippen molar-refractivity contribution >= 4 is 17.7 Å². The van der Waals surface area contributed by atoms with Gasteiger partial charge in [0.2, 0.25) is 0 Å². The third-order valence-electron chi connectivity index (χ3n) is 4.27. The number of benzene rings is 1. The monoisotopic (exact) mass is 355 g/mol. The third kappa shape index (κ3) is 4.72. The largest absolute Gasteiger partial charge is 0.489 e. The molecule has 0 aliphatic carbocycles. The second-order valence-electron chi connectivity index (χ2n) is 6.23. The summed E-state index contributed by atoms with van der Waals surface area (Å²) in [4.78, 5) is 29.1. The molecular formula is C19H21N3O4. The van der Waals surface area contributed by atoms with E-state index in [-0.39, 0.29) is 12.6 Å². The highest BCUT2D eigenvalue weighted by atomic mass is 16.5. The van der Waals surface area contributed by atoms with Crippen molar-refractivity contribution in [1.82, 2.24) is 9.88 Å². The number of urea groups is 1. The summed E-state index contributed by atoms with van der Waals surface area (Å²) in [7, 11) is 0. The first-order valence-corrected chi connectivity index (χ1v) is 8.52. The van der Waals surface area contributed by atoms with Crippen LogP contribution in [0, 0.1) is 5.92 Å². The minimum absolute atomic E-state index is 0.234. The van der Waals surface area contributed by atoms with Gasteiger partial charge in [-0.15, -0.1) is 0 Å². The van der Waals surface area contributed by atoms with Crippen molar-refractivity contribution in [3.05, 3.63) is 54.4 Å². The van der Waals surface area contributed by atoms with E-state index in [4.69, 9.17) is 9.84 Å². The highest BCUT2D eigenvalue weighted by Gasteiger charge is 2.28. The number of nitrogens with zero attached hydrogens (tertiary/aromatic N) is 2. The summed E-state index contributed by atoms with van der Waals surface area (Å²) in [5.41, 5.74) is 1.56. The Hall–Kier alpha value is -3.09. The number of likely N-dealkylation sites (tertiary alicyclic amines) is 1. The Labute approximate surface area is 151 Å². The van der Waals surface area contributed by atoms with Crippen LogP contribution >= 0.6 is 0 Å². The van der Waals surface area contributed by atoms with Crippen molar-refractivity contribution in [3.63, 3.8) is 0 Å². The van der Waals surface area contributed by atoms with Crippen LogP contribution in [0.25, 0.3) is 0 Å². The van der Waals surface area contributed by atoms with Crippen LogP contribution in [-0.4, -0.2) is 40.1 Å². The summed E-state index contributed by atoms with van der Waals surface area (Å²) in [5, 5.41) is 11.9. The van der Waals surface area contributed by atoms with Crippen LogP contribution in [0.15, 0.2) is 48.8 Å². The van der Waals surface area contributed by atoms with Gasteiger partial charge in [-0.3, -0.25) is 9.78 Å². The molecule has 136 valence electrons. The van der Waals surface area contributed by atoms with E-state index < -0.39 is 11.9 Å². The Kier molecular flexibility index (Phi) is 5.68. The second kappa shape index (κ2) is 8.33. The molecule has 1 aromatic heterocycles. The van der Waals surface area contributed by atoms with Crippen molar-refractivity contribution in [2.45, 2.75) is 19.4 Å². The lowest BCUT2D eigenvalue weighted by molar-refractivity contribution is -0.143. The first kappa shape index (κ1) is 17.7. The van der Waals surface area contributed by atoms with Gasteiger partial charge in [0.05, 0.1) is 5.92 Å². The summed E-state index contributed by atoms with van der Waals surface area (Å²) in [6, 6.07) is 10.6. The zero-order valence-corrected chi connectivity index (χ0v) is 14.3. The Morgan fingerprint density at radius 2 is 2.19 bits per heavy atom. The average Bonchev–Trinajstić information content (AvgIpc) is 2.67. The molecule has 7 nitrogen and oxygen atoms in total. The number of pyridine rings is 1. The minimum Gasteiger partial charge on any atom is -0.489 e. The molecule has 0 spiro atoms. The molecular weight excluding hydrogens is 334 g/mol. The van der Waals surface area contributed by atoms with Crippen molar-refractivity contribution in [1.29, 1.82) is 0 Å². The maximum absolute atomic E-state index is 12.4. The van der Waals surface area contributed by atoms with E-state index in [1.54, 1.807) is 35.5 Å². The first-order valence-electron chi connectivity index (χ1n) is 8.52. The number of ether oxygens (including phenoxy) is 1. The van der Waals surface area contributed by atoms with Gasteiger partial charge in [0, 0.05) is 42.8 Å². The molecule has 1 aliphatic rings. The smallest absolute Gasteiger partial charge is 0.321 e. The van der Waals surface area contributed by atoms with Gasteiger partial charge in [-0.05, 0) is 31.0 Å². The predicted octanol–water partition coefficient (Wildman–Crippen LogP) is 2.99. The van der Waals surface area contributed by atoms with Crippen LogP contribution in [0.1, 0.15) is 18.4 Å². The molecule has 2 aromatic rings. The Morgan fingerprint density at radius 1 is 1.31 bits per heavy atom. The quantitative estimate of drug-likeness (QED) is 0.860. The molecule has 1 unspecified atom stereocenters. The van der Waals surface area contributed by atoms with Crippen LogP contribution in [0.5, 0.6) is 5.75 Å². The number of aromatic nitrogens is 1. The van der Waals surface area contributed by atoms with Gasteiger partial charge in [0.1, 0.15) is 12.4 Å². The number of rotatable bonds is 5. The summed E-state index contributed by atoms with van der Waals surface area (Å²) in [5.74, 6) is -0.717. The summed E-state index contributed by atoms with van der Waals surface area (Å²) >= 11 is 0. The number of aliphatic carboxylic acids is 1. The van der Waals surface area contributed by atoms with Gasteiger partial charge in [0.25, 0.3) is 0 Å². The molecule has 0 saturated carbocycles. The molecule has 0 radical (unpaired) electrons. The van der Waals surface area contributed by atoms with Gasteiger partial charge in [-0.1, -0.05) is 12.1 Å². The lowest BCUT2D eigenvalue weighted by Gasteiger charge is -2.30. The van der Waals surface area contributed by atoms with Crippen LogP contribution in [0.4, 0.5) is 10.5 Å². The van der Waals surface area contributed by atoms with Crippen molar-refractivity contribution in [2.24, 2.45) is 5.92 Å². The third-order valence-corrected chi connectivity index (χ3v) is 4.27.